The Balaban J connectivity index is 1.55. The maximum absolute atomic E-state index is 5.96. The normalized spacial score (nSPS) is 17.4. The molecule has 0 aliphatic carbocycles. The highest BCUT2D eigenvalue weighted by atomic mass is 16.5. The Hall–Kier alpha value is -2.20. The van der Waals surface area contributed by atoms with Gasteiger partial charge >= 0.3 is 0 Å². The molecule has 1 saturated heterocycles. The van der Waals surface area contributed by atoms with Crippen LogP contribution >= 0.6 is 0 Å². The molecule has 24 heavy (non-hydrogen) atoms. The molecular weight excluding hydrogens is 298 g/mol. The summed E-state index contributed by atoms with van der Waals surface area (Å²) < 4.78 is 5.96. The van der Waals surface area contributed by atoms with Crippen molar-refractivity contribution in [2.75, 3.05) is 49.1 Å². The molecule has 1 N–H and O–H groups in total. The van der Waals surface area contributed by atoms with E-state index in [9.17, 15) is 0 Å². The van der Waals surface area contributed by atoms with Crippen LogP contribution in [0, 0.1) is 6.92 Å². The van der Waals surface area contributed by atoms with Gasteiger partial charge in [0.15, 0.2) is 0 Å². The molecule has 2 aromatic carbocycles. The van der Waals surface area contributed by atoms with Crippen LogP contribution in [0.25, 0.3) is 0 Å². The quantitative estimate of drug-likeness (QED) is 0.940. The number of hydrogen-bond acceptors (Lipinski definition) is 4. The van der Waals surface area contributed by atoms with Crippen LogP contribution in [0.4, 0.5) is 11.4 Å². The Morgan fingerprint density at radius 3 is 2.58 bits per heavy atom. The van der Waals surface area contributed by atoms with Gasteiger partial charge in [-0.2, -0.15) is 0 Å². The van der Waals surface area contributed by atoms with Gasteiger partial charge in [0.1, 0.15) is 12.4 Å². The topological polar surface area (TPSA) is 27.7 Å². The first-order chi connectivity index (χ1) is 11.8. The number of hydrogen-bond donors (Lipinski definition) is 1. The number of benzene rings is 2. The number of rotatable bonds is 3. The molecule has 2 heterocycles. The lowest BCUT2D eigenvalue weighted by molar-refractivity contribution is 0.307. The second kappa shape index (κ2) is 6.73. The first-order valence-electron chi connectivity index (χ1n) is 8.82. The third-order valence-corrected chi connectivity index (χ3v) is 4.88. The number of piperazine rings is 1. The number of nitrogens with zero attached hydrogens (tertiary/aromatic N) is 2. The summed E-state index contributed by atoms with van der Waals surface area (Å²) in [7, 11) is 0. The zero-order valence-corrected chi connectivity index (χ0v) is 14.3. The molecular formula is C20H25N3O. The molecule has 2 aliphatic heterocycles. The summed E-state index contributed by atoms with van der Waals surface area (Å²) in [5.41, 5.74) is 5.13. The fraction of sp³-hybridized carbons (Fsp3) is 0.400. The monoisotopic (exact) mass is 323 g/mol. The lowest BCUT2D eigenvalue weighted by atomic mass is 10.1. The van der Waals surface area contributed by atoms with E-state index in [4.69, 9.17) is 4.74 Å². The summed E-state index contributed by atoms with van der Waals surface area (Å²) in [6, 6.07) is 15.5. The molecule has 0 saturated carbocycles. The smallest absolute Gasteiger partial charge is 0.144 e. The van der Waals surface area contributed by atoms with Gasteiger partial charge < -0.3 is 19.9 Å². The maximum atomic E-state index is 5.96. The minimum Gasteiger partial charge on any atom is -0.489 e. The summed E-state index contributed by atoms with van der Waals surface area (Å²) in [4.78, 5) is 4.85. The van der Waals surface area contributed by atoms with Gasteiger partial charge in [-0.15, -0.1) is 0 Å². The fourth-order valence-corrected chi connectivity index (χ4v) is 3.46. The van der Waals surface area contributed by atoms with E-state index in [1.165, 1.54) is 22.5 Å². The number of fused-ring (bicyclic) bond motifs is 1. The third kappa shape index (κ3) is 3.20. The van der Waals surface area contributed by atoms with Crippen molar-refractivity contribution in [3.05, 3.63) is 53.6 Å². The first kappa shape index (κ1) is 15.3. The molecule has 0 aromatic heterocycles. The molecule has 2 aromatic rings. The standard InChI is InChI=1S/C20H25N3O/c1-16-2-4-17(5-3-16)15-23-12-13-24-20-14-18(6-7-19(20)23)22-10-8-21-9-11-22/h2-7,14,21H,8-13,15H2,1H3. The Bertz CT molecular complexity index is 693. The van der Waals surface area contributed by atoms with Crippen molar-refractivity contribution in [2.45, 2.75) is 13.5 Å². The highest BCUT2D eigenvalue weighted by Gasteiger charge is 2.20. The zero-order chi connectivity index (χ0) is 16.4. The van der Waals surface area contributed by atoms with Crippen LogP contribution < -0.4 is 19.9 Å². The lowest BCUT2D eigenvalue weighted by Crippen LogP contribution is -2.43. The van der Waals surface area contributed by atoms with E-state index in [1.807, 2.05) is 0 Å². The van der Waals surface area contributed by atoms with Crippen molar-refractivity contribution in [1.82, 2.24) is 5.32 Å². The predicted molar refractivity (Wildman–Crippen MR) is 99.2 cm³/mol. The SMILES string of the molecule is Cc1ccc(CN2CCOc3cc(N4CCNCC4)ccc32)cc1. The highest BCUT2D eigenvalue weighted by Crippen LogP contribution is 2.36. The van der Waals surface area contributed by atoms with Crippen molar-refractivity contribution in [3.8, 4) is 5.75 Å². The summed E-state index contributed by atoms with van der Waals surface area (Å²) >= 11 is 0. The molecule has 4 rings (SSSR count). The van der Waals surface area contributed by atoms with E-state index in [-0.39, 0.29) is 0 Å². The molecule has 4 nitrogen and oxygen atoms in total. The van der Waals surface area contributed by atoms with Crippen molar-refractivity contribution in [1.29, 1.82) is 0 Å². The van der Waals surface area contributed by atoms with Crippen LogP contribution in [0.15, 0.2) is 42.5 Å². The Labute approximate surface area is 144 Å². The lowest BCUT2D eigenvalue weighted by Gasteiger charge is -2.34. The van der Waals surface area contributed by atoms with Gasteiger partial charge in [0.25, 0.3) is 0 Å². The van der Waals surface area contributed by atoms with E-state index in [2.05, 4.69) is 64.5 Å². The van der Waals surface area contributed by atoms with Crippen molar-refractivity contribution in [3.63, 3.8) is 0 Å². The van der Waals surface area contributed by atoms with Gasteiger partial charge in [0.2, 0.25) is 0 Å². The van der Waals surface area contributed by atoms with Crippen LogP contribution in [-0.4, -0.2) is 39.3 Å². The molecule has 126 valence electrons. The van der Waals surface area contributed by atoms with Gasteiger partial charge in [-0.25, -0.2) is 0 Å². The minimum absolute atomic E-state index is 0.754. The summed E-state index contributed by atoms with van der Waals surface area (Å²) in [6.45, 7) is 8.99. The van der Waals surface area contributed by atoms with Crippen molar-refractivity contribution >= 4 is 11.4 Å². The van der Waals surface area contributed by atoms with Crippen LogP contribution in [0.1, 0.15) is 11.1 Å². The molecule has 0 bridgehead atoms. The second-order valence-corrected chi connectivity index (χ2v) is 6.64. The van der Waals surface area contributed by atoms with Gasteiger partial charge in [0.05, 0.1) is 12.2 Å². The molecule has 2 aliphatic rings. The number of aryl methyl sites for hydroxylation is 1. The minimum atomic E-state index is 0.754. The third-order valence-electron chi connectivity index (χ3n) is 4.88. The highest BCUT2D eigenvalue weighted by molar-refractivity contribution is 5.67. The van der Waals surface area contributed by atoms with E-state index < -0.39 is 0 Å². The first-order valence-corrected chi connectivity index (χ1v) is 8.82. The zero-order valence-electron chi connectivity index (χ0n) is 14.3. The Kier molecular flexibility index (Phi) is 4.30. The van der Waals surface area contributed by atoms with E-state index in [0.29, 0.717) is 0 Å². The van der Waals surface area contributed by atoms with E-state index in [0.717, 1.165) is 51.6 Å². The molecule has 1 fully saturated rings. The van der Waals surface area contributed by atoms with Gasteiger partial charge in [-0.1, -0.05) is 29.8 Å². The van der Waals surface area contributed by atoms with E-state index >= 15 is 0 Å². The van der Waals surface area contributed by atoms with Crippen molar-refractivity contribution < 1.29 is 4.74 Å². The van der Waals surface area contributed by atoms with Gasteiger partial charge in [-0.05, 0) is 24.6 Å². The predicted octanol–water partition coefficient (Wildman–Crippen LogP) is 2.80. The molecule has 0 unspecified atom stereocenters. The summed E-state index contributed by atoms with van der Waals surface area (Å²) in [6.07, 6.45) is 0. The Morgan fingerprint density at radius 1 is 1.00 bits per heavy atom. The molecule has 0 atom stereocenters. The summed E-state index contributed by atoms with van der Waals surface area (Å²) in [5.74, 6) is 1.02. The molecule has 0 spiro atoms. The average molecular weight is 323 g/mol. The van der Waals surface area contributed by atoms with Crippen molar-refractivity contribution in [2.24, 2.45) is 0 Å². The fourth-order valence-electron chi connectivity index (χ4n) is 3.46. The average Bonchev–Trinajstić information content (AvgIpc) is 2.64. The van der Waals surface area contributed by atoms with Crippen LogP contribution in [0.2, 0.25) is 0 Å². The summed E-state index contributed by atoms with van der Waals surface area (Å²) in [5, 5.41) is 3.40. The largest absolute Gasteiger partial charge is 0.489 e. The Morgan fingerprint density at radius 2 is 1.79 bits per heavy atom. The number of nitrogens with one attached hydrogen (secondary N) is 1. The number of ether oxygens (including phenoxy) is 1. The van der Waals surface area contributed by atoms with Gasteiger partial charge in [0, 0.05) is 44.5 Å². The van der Waals surface area contributed by atoms with Gasteiger partial charge in [-0.3, -0.25) is 0 Å². The molecule has 4 heteroatoms. The molecule has 0 radical (unpaired) electrons. The van der Waals surface area contributed by atoms with Crippen LogP contribution in [-0.2, 0) is 6.54 Å². The molecule has 0 amide bonds. The van der Waals surface area contributed by atoms with Crippen LogP contribution in [0.5, 0.6) is 5.75 Å². The van der Waals surface area contributed by atoms with Crippen LogP contribution in [0.3, 0.4) is 0 Å². The second-order valence-electron chi connectivity index (χ2n) is 6.64. The maximum Gasteiger partial charge on any atom is 0.144 e. The van der Waals surface area contributed by atoms with E-state index in [1.54, 1.807) is 0 Å². The number of anilines is 2.